The van der Waals surface area contributed by atoms with Crippen molar-refractivity contribution in [2.75, 3.05) is 0 Å². The van der Waals surface area contributed by atoms with Crippen LogP contribution in [0.4, 0.5) is 0 Å². The van der Waals surface area contributed by atoms with E-state index in [2.05, 4.69) is 32.7 Å². The van der Waals surface area contributed by atoms with Gasteiger partial charge in [0.25, 0.3) is 0 Å². The van der Waals surface area contributed by atoms with Crippen LogP contribution in [-0.4, -0.2) is 17.7 Å². The third-order valence-corrected chi connectivity index (χ3v) is 4.13. The van der Waals surface area contributed by atoms with Crippen LogP contribution in [0.1, 0.15) is 98.8 Å². The highest BCUT2D eigenvalue weighted by Crippen LogP contribution is 2.17. The number of carbonyl (C=O) groups excluding carboxylic acids is 1. The van der Waals surface area contributed by atoms with Crippen molar-refractivity contribution in [3.8, 4) is 0 Å². The lowest BCUT2D eigenvalue weighted by molar-refractivity contribution is -0.145. The van der Waals surface area contributed by atoms with Crippen LogP contribution in [0, 0.1) is 0 Å². The molecule has 0 aliphatic carbocycles. The molecule has 0 aromatic carbocycles. The van der Waals surface area contributed by atoms with Gasteiger partial charge in [0.15, 0.2) is 6.23 Å². The molecule has 0 saturated carbocycles. The zero-order valence-corrected chi connectivity index (χ0v) is 16.2. The molecule has 136 valence electrons. The summed E-state index contributed by atoms with van der Waals surface area (Å²) in [6, 6.07) is 0. The van der Waals surface area contributed by atoms with Gasteiger partial charge >= 0.3 is 5.97 Å². The summed E-state index contributed by atoms with van der Waals surface area (Å²) in [5.41, 5.74) is 0.422. The SMILES string of the molecule is C=C(C)C(=O)OC(C)NC(C)(C)CCCCCCCCCCC. The van der Waals surface area contributed by atoms with Crippen LogP contribution in [0.3, 0.4) is 0 Å². The van der Waals surface area contributed by atoms with Crippen molar-refractivity contribution in [1.29, 1.82) is 0 Å². The van der Waals surface area contributed by atoms with E-state index in [1.54, 1.807) is 6.92 Å². The molecule has 0 aliphatic rings. The number of hydrogen-bond donors (Lipinski definition) is 1. The Morgan fingerprint density at radius 3 is 2.00 bits per heavy atom. The first kappa shape index (κ1) is 22.2. The molecule has 3 heteroatoms. The summed E-state index contributed by atoms with van der Waals surface area (Å²) in [6.07, 6.45) is 12.9. The minimum absolute atomic E-state index is 0.0180. The van der Waals surface area contributed by atoms with Crippen molar-refractivity contribution in [1.82, 2.24) is 5.32 Å². The molecule has 0 aromatic rings. The molecule has 0 saturated heterocycles. The van der Waals surface area contributed by atoms with E-state index >= 15 is 0 Å². The molecule has 1 unspecified atom stereocenters. The van der Waals surface area contributed by atoms with Crippen LogP contribution in [0.5, 0.6) is 0 Å². The lowest BCUT2D eigenvalue weighted by Crippen LogP contribution is -2.46. The average molecular weight is 326 g/mol. The average Bonchev–Trinajstić information content (AvgIpc) is 2.44. The highest BCUT2D eigenvalue weighted by molar-refractivity contribution is 5.87. The summed E-state index contributed by atoms with van der Waals surface area (Å²) in [6.45, 7) is 13.7. The van der Waals surface area contributed by atoms with Gasteiger partial charge in [-0.15, -0.1) is 0 Å². The van der Waals surface area contributed by atoms with Crippen molar-refractivity contribution in [2.45, 2.75) is 111 Å². The van der Waals surface area contributed by atoms with Gasteiger partial charge in [-0.25, -0.2) is 4.79 Å². The Hall–Kier alpha value is -0.830. The first-order valence-electron chi connectivity index (χ1n) is 9.42. The van der Waals surface area contributed by atoms with E-state index < -0.39 is 0 Å². The molecule has 0 rings (SSSR count). The molecule has 1 N–H and O–H groups in total. The van der Waals surface area contributed by atoms with Gasteiger partial charge in [-0.05, 0) is 34.1 Å². The standard InChI is InChI=1S/C20H39NO2/c1-7-8-9-10-11-12-13-14-15-16-20(5,6)21-18(4)23-19(22)17(2)3/h18,21H,2,7-16H2,1,3-6H3. The number of nitrogens with one attached hydrogen (secondary N) is 1. The van der Waals surface area contributed by atoms with Gasteiger partial charge in [0, 0.05) is 11.1 Å². The van der Waals surface area contributed by atoms with E-state index in [4.69, 9.17) is 4.74 Å². The highest BCUT2D eigenvalue weighted by Gasteiger charge is 2.21. The molecule has 0 aliphatic heterocycles. The monoisotopic (exact) mass is 325 g/mol. The maximum atomic E-state index is 11.5. The molecule has 0 heterocycles. The first-order valence-corrected chi connectivity index (χ1v) is 9.42. The van der Waals surface area contributed by atoms with Crippen LogP contribution >= 0.6 is 0 Å². The maximum Gasteiger partial charge on any atom is 0.334 e. The maximum absolute atomic E-state index is 11.5. The van der Waals surface area contributed by atoms with Crippen molar-refractivity contribution in [2.24, 2.45) is 0 Å². The number of ether oxygens (including phenoxy) is 1. The Labute approximate surface area is 144 Å². The molecule has 0 radical (unpaired) electrons. The van der Waals surface area contributed by atoms with Crippen LogP contribution in [0.25, 0.3) is 0 Å². The molecular weight excluding hydrogens is 286 g/mol. The summed E-state index contributed by atoms with van der Waals surface area (Å²) in [4.78, 5) is 11.5. The topological polar surface area (TPSA) is 38.3 Å². The molecule has 0 fully saturated rings. The highest BCUT2D eigenvalue weighted by atomic mass is 16.6. The molecule has 0 spiro atoms. The van der Waals surface area contributed by atoms with Gasteiger partial charge in [-0.1, -0.05) is 71.3 Å². The Balaban J connectivity index is 3.71. The predicted octanol–water partition coefficient (Wildman–Crippen LogP) is 5.74. The van der Waals surface area contributed by atoms with E-state index in [9.17, 15) is 4.79 Å². The summed E-state index contributed by atoms with van der Waals surface area (Å²) in [7, 11) is 0. The van der Waals surface area contributed by atoms with Crippen molar-refractivity contribution in [3.63, 3.8) is 0 Å². The number of rotatable bonds is 14. The summed E-state index contributed by atoms with van der Waals surface area (Å²) in [5.74, 6) is -0.330. The predicted molar refractivity (Wildman–Crippen MR) is 99.4 cm³/mol. The second-order valence-electron chi connectivity index (χ2n) is 7.43. The van der Waals surface area contributed by atoms with Crippen LogP contribution in [-0.2, 0) is 9.53 Å². The molecule has 3 nitrogen and oxygen atoms in total. The smallest absolute Gasteiger partial charge is 0.334 e. The normalized spacial score (nSPS) is 12.9. The summed E-state index contributed by atoms with van der Waals surface area (Å²) in [5, 5.41) is 3.38. The lowest BCUT2D eigenvalue weighted by Gasteiger charge is -2.30. The second-order valence-corrected chi connectivity index (χ2v) is 7.43. The molecule has 0 aromatic heterocycles. The molecule has 1 atom stereocenters. The first-order chi connectivity index (χ1) is 10.8. The summed E-state index contributed by atoms with van der Waals surface area (Å²) >= 11 is 0. The Morgan fingerprint density at radius 2 is 1.52 bits per heavy atom. The van der Waals surface area contributed by atoms with Crippen LogP contribution in [0.2, 0.25) is 0 Å². The lowest BCUT2D eigenvalue weighted by atomic mass is 9.95. The van der Waals surface area contributed by atoms with Gasteiger partial charge < -0.3 is 4.74 Å². The van der Waals surface area contributed by atoms with Gasteiger partial charge in [0.1, 0.15) is 0 Å². The van der Waals surface area contributed by atoms with Gasteiger partial charge in [0.05, 0.1) is 0 Å². The van der Waals surface area contributed by atoms with Crippen molar-refractivity contribution in [3.05, 3.63) is 12.2 Å². The van der Waals surface area contributed by atoms with Crippen LogP contribution in [0.15, 0.2) is 12.2 Å². The van der Waals surface area contributed by atoms with Gasteiger partial charge in [0.2, 0.25) is 0 Å². The fourth-order valence-electron chi connectivity index (χ4n) is 2.79. The fraction of sp³-hybridized carbons (Fsp3) is 0.850. The quantitative estimate of drug-likeness (QED) is 0.191. The van der Waals surface area contributed by atoms with Gasteiger partial charge in [-0.3, -0.25) is 5.32 Å². The minimum Gasteiger partial charge on any atom is -0.444 e. The molecule has 23 heavy (non-hydrogen) atoms. The molecule has 0 amide bonds. The number of carbonyl (C=O) groups is 1. The van der Waals surface area contributed by atoms with E-state index in [0.29, 0.717) is 5.57 Å². The number of hydrogen-bond acceptors (Lipinski definition) is 3. The van der Waals surface area contributed by atoms with Crippen molar-refractivity contribution >= 4 is 5.97 Å². The largest absolute Gasteiger partial charge is 0.444 e. The summed E-state index contributed by atoms with van der Waals surface area (Å²) < 4.78 is 5.29. The Kier molecular flexibility index (Phi) is 12.1. The van der Waals surface area contributed by atoms with E-state index in [1.165, 1.54) is 57.8 Å². The Morgan fingerprint density at radius 1 is 1.04 bits per heavy atom. The van der Waals surface area contributed by atoms with Gasteiger partial charge in [-0.2, -0.15) is 0 Å². The number of esters is 1. The Bertz CT molecular complexity index is 337. The number of unbranched alkanes of at least 4 members (excludes halogenated alkanes) is 8. The third-order valence-electron chi connectivity index (χ3n) is 4.13. The molecular formula is C20H39NO2. The third kappa shape index (κ3) is 13.3. The van der Waals surface area contributed by atoms with Crippen LogP contribution < -0.4 is 5.32 Å². The fourth-order valence-corrected chi connectivity index (χ4v) is 2.79. The van der Waals surface area contributed by atoms with E-state index in [1.807, 2.05) is 6.92 Å². The zero-order valence-electron chi connectivity index (χ0n) is 16.2. The van der Waals surface area contributed by atoms with E-state index in [0.717, 1.165) is 6.42 Å². The van der Waals surface area contributed by atoms with E-state index in [-0.39, 0.29) is 17.7 Å². The van der Waals surface area contributed by atoms with Crippen molar-refractivity contribution < 1.29 is 9.53 Å². The molecule has 0 bridgehead atoms. The second kappa shape index (κ2) is 12.6. The minimum atomic E-state index is -0.330. The zero-order chi connectivity index (χ0) is 17.7.